The molecular weight excluding hydrogens is 226 g/mol. The Labute approximate surface area is 110 Å². The van der Waals surface area contributed by atoms with Gasteiger partial charge in [0.15, 0.2) is 0 Å². The molecule has 0 saturated heterocycles. The van der Waals surface area contributed by atoms with E-state index >= 15 is 0 Å². The van der Waals surface area contributed by atoms with Crippen molar-refractivity contribution in [2.45, 2.75) is 32.3 Å². The Morgan fingerprint density at radius 3 is 2.33 bits per heavy atom. The molecule has 0 heterocycles. The second-order valence-electron chi connectivity index (χ2n) is 5.49. The van der Waals surface area contributed by atoms with E-state index in [1.165, 1.54) is 5.56 Å². The first-order valence-electron chi connectivity index (χ1n) is 6.29. The molecular formula is C15H25NO2. The summed E-state index contributed by atoms with van der Waals surface area (Å²) in [5, 5.41) is 3.15. The van der Waals surface area contributed by atoms with Crippen LogP contribution in [-0.4, -0.2) is 27.8 Å². The van der Waals surface area contributed by atoms with E-state index in [1.54, 1.807) is 14.2 Å². The standard InChI is InChI=1S/C15H25NO2/c1-15(2,3)11-7-8-13(17-5)12(9-11)14(18-6)10-16-4/h7-9,14,16H,10H2,1-6H3. The van der Waals surface area contributed by atoms with Crippen LogP contribution in [-0.2, 0) is 10.2 Å². The van der Waals surface area contributed by atoms with Crippen LogP contribution in [0.4, 0.5) is 0 Å². The first-order valence-corrected chi connectivity index (χ1v) is 6.29. The van der Waals surface area contributed by atoms with Crippen molar-refractivity contribution in [3.05, 3.63) is 29.3 Å². The fourth-order valence-corrected chi connectivity index (χ4v) is 1.96. The Morgan fingerprint density at radius 1 is 1.22 bits per heavy atom. The van der Waals surface area contributed by atoms with Crippen molar-refractivity contribution in [3.63, 3.8) is 0 Å². The van der Waals surface area contributed by atoms with Crippen LogP contribution in [0.25, 0.3) is 0 Å². The highest BCUT2D eigenvalue weighted by molar-refractivity contribution is 5.41. The zero-order chi connectivity index (χ0) is 13.8. The quantitative estimate of drug-likeness (QED) is 0.873. The average molecular weight is 251 g/mol. The lowest BCUT2D eigenvalue weighted by Crippen LogP contribution is -2.20. The molecule has 1 N–H and O–H groups in total. The summed E-state index contributed by atoms with van der Waals surface area (Å²) < 4.78 is 11.0. The van der Waals surface area contributed by atoms with Crippen molar-refractivity contribution in [2.75, 3.05) is 27.8 Å². The molecule has 3 nitrogen and oxygen atoms in total. The van der Waals surface area contributed by atoms with Gasteiger partial charge >= 0.3 is 0 Å². The summed E-state index contributed by atoms with van der Waals surface area (Å²) in [6.07, 6.45) is 0.00671. The fraction of sp³-hybridized carbons (Fsp3) is 0.600. The molecule has 0 bridgehead atoms. The van der Waals surface area contributed by atoms with Gasteiger partial charge in [-0.2, -0.15) is 0 Å². The molecule has 1 aromatic carbocycles. The maximum Gasteiger partial charge on any atom is 0.124 e. The topological polar surface area (TPSA) is 30.5 Å². The van der Waals surface area contributed by atoms with Crippen LogP contribution in [0.5, 0.6) is 5.75 Å². The molecule has 0 aromatic heterocycles. The number of hydrogen-bond donors (Lipinski definition) is 1. The lowest BCUT2D eigenvalue weighted by Gasteiger charge is -2.24. The van der Waals surface area contributed by atoms with Gasteiger partial charge in [0.05, 0.1) is 13.2 Å². The number of methoxy groups -OCH3 is 2. The highest BCUT2D eigenvalue weighted by Crippen LogP contribution is 2.32. The molecule has 3 heteroatoms. The zero-order valence-corrected chi connectivity index (χ0v) is 12.3. The maximum atomic E-state index is 5.54. The summed E-state index contributed by atoms with van der Waals surface area (Å²) in [6.45, 7) is 7.38. The minimum absolute atomic E-state index is 0.00671. The highest BCUT2D eigenvalue weighted by atomic mass is 16.5. The van der Waals surface area contributed by atoms with Crippen LogP contribution in [0, 0.1) is 0 Å². The molecule has 0 spiro atoms. The number of hydrogen-bond acceptors (Lipinski definition) is 3. The first-order chi connectivity index (χ1) is 8.43. The average Bonchev–Trinajstić information content (AvgIpc) is 2.34. The van der Waals surface area contributed by atoms with Crippen molar-refractivity contribution in [1.29, 1.82) is 0 Å². The largest absolute Gasteiger partial charge is 0.496 e. The van der Waals surface area contributed by atoms with Crippen LogP contribution < -0.4 is 10.1 Å². The smallest absolute Gasteiger partial charge is 0.124 e. The van der Waals surface area contributed by atoms with Crippen molar-refractivity contribution in [1.82, 2.24) is 5.32 Å². The Balaban J connectivity index is 3.20. The van der Waals surface area contributed by atoms with Crippen molar-refractivity contribution in [2.24, 2.45) is 0 Å². The molecule has 1 atom stereocenters. The van der Waals surface area contributed by atoms with Gasteiger partial charge < -0.3 is 14.8 Å². The maximum absolute atomic E-state index is 5.54. The molecule has 0 aliphatic heterocycles. The minimum Gasteiger partial charge on any atom is -0.496 e. The molecule has 102 valence electrons. The summed E-state index contributed by atoms with van der Waals surface area (Å²) in [6, 6.07) is 6.33. The van der Waals surface area contributed by atoms with Gasteiger partial charge in [0.1, 0.15) is 5.75 Å². The van der Waals surface area contributed by atoms with E-state index in [-0.39, 0.29) is 11.5 Å². The highest BCUT2D eigenvalue weighted by Gasteiger charge is 2.20. The number of likely N-dealkylation sites (N-methyl/N-ethyl adjacent to an activating group) is 1. The Morgan fingerprint density at radius 2 is 1.89 bits per heavy atom. The van der Waals surface area contributed by atoms with Crippen LogP contribution in [0.15, 0.2) is 18.2 Å². The van der Waals surface area contributed by atoms with Crippen LogP contribution in [0.3, 0.4) is 0 Å². The third-order valence-electron chi connectivity index (χ3n) is 3.12. The molecule has 18 heavy (non-hydrogen) atoms. The van der Waals surface area contributed by atoms with E-state index in [0.29, 0.717) is 0 Å². The summed E-state index contributed by atoms with van der Waals surface area (Å²) in [5.41, 5.74) is 2.51. The lowest BCUT2D eigenvalue weighted by atomic mass is 9.85. The van der Waals surface area contributed by atoms with Crippen molar-refractivity contribution < 1.29 is 9.47 Å². The molecule has 0 fully saturated rings. The van der Waals surface area contributed by atoms with E-state index in [4.69, 9.17) is 9.47 Å². The summed E-state index contributed by atoms with van der Waals surface area (Å²) in [4.78, 5) is 0. The van der Waals surface area contributed by atoms with E-state index in [0.717, 1.165) is 17.9 Å². The first kappa shape index (κ1) is 15.0. The molecule has 1 rings (SSSR count). The van der Waals surface area contributed by atoms with Crippen molar-refractivity contribution >= 4 is 0 Å². The normalized spacial score (nSPS) is 13.4. The summed E-state index contributed by atoms with van der Waals surface area (Å²) >= 11 is 0. The molecule has 0 radical (unpaired) electrons. The van der Waals surface area contributed by atoms with Gasteiger partial charge in [0, 0.05) is 19.2 Å². The zero-order valence-electron chi connectivity index (χ0n) is 12.3. The van der Waals surface area contributed by atoms with Crippen LogP contribution in [0.2, 0.25) is 0 Å². The van der Waals surface area contributed by atoms with E-state index in [9.17, 15) is 0 Å². The molecule has 1 aromatic rings. The molecule has 0 aliphatic carbocycles. The van der Waals surface area contributed by atoms with Gasteiger partial charge in [0.2, 0.25) is 0 Å². The van der Waals surface area contributed by atoms with Gasteiger partial charge in [-0.05, 0) is 30.2 Å². The molecule has 0 saturated carbocycles. The van der Waals surface area contributed by atoms with Gasteiger partial charge in [-0.25, -0.2) is 0 Å². The Kier molecular flexibility index (Phi) is 5.17. The minimum atomic E-state index is 0.00671. The SMILES string of the molecule is CNCC(OC)c1cc(C(C)(C)C)ccc1OC. The van der Waals surface area contributed by atoms with Crippen molar-refractivity contribution in [3.8, 4) is 5.75 Å². The summed E-state index contributed by atoms with van der Waals surface area (Å²) in [7, 11) is 5.35. The van der Waals surface area contributed by atoms with E-state index < -0.39 is 0 Å². The van der Waals surface area contributed by atoms with Crippen LogP contribution >= 0.6 is 0 Å². The molecule has 0 aliphatic rings. The molecule has 1 unspecified atom stereocenters. The Bertz CT molecular complexity index is 383. The number of rotatable bonds is 5. The Hall–Kier alpha value is -1.06. The predicted octanol–water partition coefficient (Wildman–Crippen LogP) is 2.90. The second-order valence-corrected chi connectivity index (χ2v) is 5.49. The predicted molar refractivity (Wildman–Crippen MR) is 75.4 cm³/mol. The monoisotopic (exact) mass is 251 g/mol. The van der Waals surface area contributed by atoms with Gasteiger partial charge in [-0.1, -0.05) is 26.8 Å². The third kappa shape index (κ3) is 3.47. The van der Waals surface area contributed by atoms with Gasteiger partial charge in [-0.3, -0.25) is 0 Å². The van der Waals surface area contributed by atoms with Gasteiger partial charge in [0.25, 0.3) is 0 Å². The summed E-state index contributed by atoms with van der Waals surface area (Å²) in [5.74, 6) is 0.880. The second kappa shape index (κ2) is 6.21. The van der Waals surface area contributed by atoms with Crippen LogP contribution in [0.1, 0.15) is 38.0 Å². The number of benzene rings is 1. The lowest BCUT2D eigenvalue weighted by molar-refractivity contribution is 0.102. The number of nitrogens with one attached hydrogen (secondary N) is 1. The van der Waals surface area contributed by atoms with Gasteiger partial charge in [-0.15, -0.1) is 0 Å². The van der Waals surface area contributed by atoms with E-state index in [1.807, 2.05) is 13.1 Å². The fourth-order valence-electron chi connectivity index (χ4n) is 1.96. The van der Waals surface area contributed by atoms with E-state index in [2.05, 4.69) is 38.2 Å². The number of ether oxygens (including phenoxy) is 2. The molecule has 0 amide bonds. The third-order valence-corrected chi connectivity index (χ3v) is 3.12.